The summed E-state index contributed by atoms with van der Waals surface area (Å²) in [5.74, 6) is 0.752. The summed E-state index contributed by atoms with van der Waals surface area (Å²) < 4.78 is 5.81. The largest absolute Gasteiger partial charge is 0.378 e. The third kappa shape index (κ3) is 4.06. The highest BCUT2D eigenvalue weighted by Crippen LogP contribution is 2.28. The Labute approximate surface area is 101 Å². The van der Waals surface area contributed by atoms with Gasteiger partial charge in [0.15, 0.2) is 0 Å². The summed E-state index contributed by atoms with van der Waals surface area (Å²) in [6.45, 7) is 8.79. The topological polar surface area (TPSA) is 21.3 Å². The van der Waals surface area contributed by atoms with E-state index < -0.39 is 0 Å². The summed E-state index contributed by atoms with van der Waals surface area (Å²) in [4.78, 5) is 0. The fraction of sp³-hybridized carbons (Fsp3) is 1.00. The second-order valence-electron chi connectivity index (χ2n) is 4.93. The predicted octanol–water partition coefficient (Wildman–Crippen LogP) is 3.36. The lowest BCUT2D eigenvalue weighted by molar-refractivity contribution is 0.0763. The zero-order chi connectivity index (χ0) is 11.8. The molecule has 1 fully saturated rings. The summed E-state index contributed by atoms with van der Waals surface area (Å²) in [7, 11) is 0. The van der Waals surface area contributed by atoms with Gasteiger partial charge in [0.2, 0.25) is 0 Å². The highest BCUT2D eigenvalue weighted by atomic mass is 16.5. The fourth-order valence-electron chi connectivity index (χ4n) is 2.89. The van der Waals surface area contributed by atoms with Crippen LogP contribution in [-0.2, 0) is 4.74 Å². The first kappa shape index (κ1) is 14.0. The lowest BCUT2D eigenvalue weighted by Gasteiger charge is -2.28. The molecule has 0 aromatic carbocycles. The Morgan fingerprint density at radius 2 is 2.06 bits per heavy atom. The van der Waals surface area contributed by atoms with Crippen LogP contribution in [0, 0.1) is 5.92 Å². The highest BCUT2D eigenvalue weighted by Gasteiger charge is 2.32. The second-order valence-corrected chi connectivity index (χ2v) is 4.93. The Morgan fingerprint density at radius 1 is 1.25 bits per heavy atom. The van der Waals surface area contributed by atoms with E-state index in [0.29, 0.717) is 12.1 Å². The minimum absolute atomic E-state index is 0.505. The smallest absolute Gasteiger partial charge is 0.0616 e. The third-order valence-electron chi connectivity index (χ3n) is 3.76. The fourth-order valence-corrected chi connectivity index (χ4v) is 2.89. The molecule has 0 spiro atoms. The van der Waals surface area contributed by atoms with Crippen molar-refractivity contribution in [2.45, 2.75) is 71.4 Å². The molecule has 0 radical (unpaired) electrons. The minimum atomic E-state index is 0.505. The molecule has 0 aromatic rings. The lowest BCUT2D eigenvalue weighted by Crippen LogP contribution is -2.39. The number of hydrogen-bond donors (Lipinski definition) is 1. The molecule has 1 heterocycles. The van der Waals surface area contributed by atoms with E-state index in [-0.39, 0.29) is 0 Å². The molecular weight excluding hydrogens is 198 g/mol. The van der Waals surface area contributed by atoms with Crippen molar-refractivity contribution >= 4 is 0 Å². The molecule has 3 unspecified atom stereocenters. The zero-order valence-electron chi connectivity index (χ0n) is 11.3. The van der Waals surface area contributed by atoms with E-state index >= 15 is 0 Å². The van der Waals surface area contributed by atoms with Crippen molar-refractivity contribution in [1.29, 1.82) is 0 Å². The zero-order valence-corrected chi connectivity index (χ0v) is 11.3. The van der Waals surface area contributed by atoms with Gasteiger partial charge in [-0.15, -0.1) is 0 Å². The molecule has 0 saturated carbocycles. The van der Waals surface area contributed by atoms with Crippen LogP contribution in [0.3, 0.4) is 0 Å². The minimum Gasteiger partial charge on any atom is -0.378 e. The van der Waals surface area contributed by atoms with Crippen molar-refractivity contribution in [1.82, 2.24) is 5.32 Å². The SMILES string of the molecule is CCCCCC(NCC)C1CCOC1CC. The molecule has 1 saturated heterocycles. The van der Waals surface area contributed by atoms with Gasteiger partial charge in [0.05, 0.1) is 6.10 Å². The van der Waals surface area contributed by atoms with Crippen LogP contribution in [0.2, 0.25) is 0 Å². The maximum absolute atomic E-state index is 5.81. The maximum atomic E-state index is 5.81. The molecule has 1 rings (SSSR count). The van der Waals surface area contributed by atoms with E-state index in [2.05, 4.69) is 26.1 Å². The number of rotatable bonds is 8. The van der Waals surface area contributed by atoms with Gasteiger partial charge in [0.1, 0.15) is 0 Å². The van der Waals surface area contributed by atoms with Gasteiger partial charge >= 0.3 is 0 Å². The van der Waals surface area contributed by atoms with E-state index in [1.165, 1.54) is 38.5 Å². The van der Waals surface area contributed by atoms with Crippen LogP contribution in [0.4, 0.5) is 0 Å². The molecule has 0 aliphatic carbocycles. The second kappa shape index (κ2) is 8.08. The molecule has 16 heavy (non-hydrogen) atoms. The van der Waals surface area contributed by atoms with Crippen molar-refractivity contribution in [3.8, 4) is 0 Å². The van der Waals surface area contributed by atoms with Gasteiger partial charge in [-0.2, -0.15) is 0 Å². The quantitative estimate of drug-likeness (QED) is 0.642. The van der Waals surface area contributed by atoms with Gasteiger partial charge in [-0.1, -0.05) is 40.0 Å². The molecule has 0 aromatic heterocycles. The first-order chi connectivity index (χ1) is 7.83. The number of nitrogens with one attached hydrogen (secondary N) is 1. The Kier molecular flexibility index (Phi) is 7.06. The van der Waals surface area contributed by atoms with Crippen LogP contribution >= 0.6 is 0 Å². The van der Waals surface area contributed by atoms with Crippen LogP contribution in [0.25, 0.3) is 0 Å². The Morgan fingerprint density at radius 3 is 2.69 bits per heavy atom. The molecule has 2 nitrogen and oxygen atoms in total. The number of hydrogen-bond acceptors (Lipinski definition) is 2. The normalized spacial score (nSPS) is 27.2. The Hall–Kier alpha value is -0.0800. The Bertz CT molecular complexity index is 172. The molecule has 0 amide bonds. The first-order valence-corrected chi connectivity index (χ1v) is 7.18. The van der Waals surface area contributed by atoms with Gasteiger partial charge < -0.3 is 10.1 Å². The van der Waals surface area contributed by atoms with Crippen molar-refractivity contribution < 1.29 is 4.74 Å². The number of unbranched alkanes of at least 4 members (excludes halogenated alkanes) is 2. The van der Waals surface area contributed by atoms with Crippen LogP contribution in [0.1, 0.15) is 59.3 Å². The molecule has 1 N–H and O–H groups in total. The summed E-state index contributed by atoms with van der Waals surface area (Å²) >= 11 is 0. The summed E-state index contributed by atoms with van der Waals surface area (Å²) in [5.41, 5.74) is 0. The average Bonchev–Trinajstić information content (AvgIpc) is 2.76. The molecule has 1 aliphatic rings. The highest BCUT2D eigenvalue weighted by molar-refractivity contribution is 4.85. The maximum Gasteiger partial charge on any atom is 0.0616 e. The Balaban J connectivity index is 2.40. The van der Waals surface area contributed by atoms with Crippen LogP contribution < -0.4 is 5.32 Å². The molecule has 1 aliphatic heterocycles. The van der Waals surface area contributed by atoms with Gasteiger partial charge in [-0.3, -0.25) is 0 Å². The summed E-state index contributed by atoms with van der Waals surface area (Å²) in [6, 6.07) is 0.684. The third-order valence-corrected chi connectivity index (χ3v) is 3.76. The van der Waals surface area contributed by atoms with Crippen molar-refractivity contribution in [2.24, 2.45) is 5.92 Å². The van der Waals surface area contributed by atoms with Crippen molar-refractivity contribution in [3.05, 3.63) is 0 Å². The summed E-state index contributed by atoms with van der Waals surface area (Å²) in [5, 5.41) is 3.67. The van der Waals surface area contributed by atoms with Crippen molar-refractivity contribution in [2.75, 3.05) is 13.2 Å². The standard InChI is InChI=1S/C14H29NO/c1-4-7-8-9-13(15-6-3)12-10-11-16-14(12)5-2/h12-15H,4-11H2,1-3H3. The van der Waals surface area contributed by atoms with E-state index in [1.54, 1.807) is 0 Å². The van der Waals surface area contributed by atoms with E-state index in [4.69, 9.17) is 4.74 Å². The van der Waals surface area contributed by atoms with Gasteiger partial charge in [0, 0.05) is 18.6 Å². The summed E-state index contributed by atoms with van der Waals surface area (Å²) in [6.07, 6.45) is 8.30. The number of ether oxygens (including phenoxy) is 1. The van der Waals surface area contributed by atoms with E-state index in [9.17, 15) is 0 Å². The molecule has 2 heteroatoms. The van der Waals surface area contributed by atoms with E-state index in [1.807, 2.05) is 0 Å². The van der Waals surface area contributed by atoms with Crippen LogP contribution in [0.5, 0.6) is 0 Å². The van der Waals surface area contributed by atoms with Gasteiger partial charge in [0.25, 0.3) is 0 Å². The monoisotopic (exact) mass is 227 g/mol. The average molecular weight is 227 g/mol. The van der Waals surface area contributed by atoms with E-state index in [0.717, 1.165) is 19.1 Å². The van der Waals surface area contributed by atoms with Crippen LogP contribution in [-0.4, -0.2) is 25.3 Å². The van der Waals surface area contributed by atoms with Crippen molar-refractivity contribution in [3.63, 3.8) is 0 Å². The molecule has 96 valence electrons. The lowest BCUT2D eigenvalue weighted by atomic mass is 9.88. The molecule has 3 atom stereocenters. The van der Waals surface area contributed by atoms with Gasteiger partial charge in [-0.05, 0) is 25.8 Å². The molecular formula is C14H29NO. The van der Waals surface area contributed by atoms with Crippen LogP contribution in [0.15, 0.2) is 0 Å². The molecule has 0 bridgehead atoms. The first-order valence-electron chi connectivity index (χ1n) is 7.18. The van der Waals surface area contributed by atoms with Gasteiger partial charge in [-0.25, -0.2) is 0 Å². The predicted molar refractivity (Wildman–Crippen MR) is 69.7 cm³/mol.